The maximum absolute atomic E-state index is 11.6. The summed E-state index contributed by atoms with van der Waals surface area (Å²) in [5.41, 5.74) is 7.46. The maximum Gasteiger partial charge on any atom is 0.228 e. The Morgan fingerprint density at radius 2 is 2.03 bits per heavy atom. The van der Waals surface area contributed by atoms with Gasteiger partial charge in [-0.1, -0.05) is 19.1 Å². The molecule has 30 heavy (non-hydrogen) atoms. The molecule has 1 amide bonds. The van der Waals surface area contributed by atoms with E-state index in [1.807, 2.05) is 0 Å². The molecule has 0 bridgehead atoms. The second kappa shape index (κ2) is 8.27. The summed E-state index contributed by atoms with van der Waals surface area (Å²) >= 11 is 0. The Morgan fingerprint density at radius 3 is 2.93 bits per heavy atom. The normalized spacial score (nSPS) is 17.9. The molecule has 0 fully saturated rings. The van der Waals surface area contributed by atoms with Gasteiger partial charge in [0.1, 0.15) is 5.58 Å². The van der Waals surface area contributed by atoms with Gasteiger partial charge in [0.15, 0.2) is 0 Å². The molecule has 0 spiro atoms. The zero-order valence-electron chi connectivity index (χ0n) is 17.7. The average molecular weight is 403 g/mol. The average Bonchev–Trinajstić information content (AvgIpc) is 3.35. The van der Waals surface area contributed by atoms with Gasteiger partial charge in [-0.2, -0.15) is 0 Å². The smallest absolute Gasteiger partial charge is 0.228 e. The standard InChI is InChI=1S/C26H30N2O2/c1-2-10-28(11-3-4-18-5-8-24-22(13-18)17-26(29)27-24)23-7-6-19-14-20-9-12-30-25(20)16-21(19)15-23/h5,8-9,12-14,16,23H,2-4,6-7,10-11,15,17H2,1H3,(H,27,29)/t23-/m0/s1. The summed E-state index contributed by atoms with van der Waals surface area (Å²) in [6, 6.07) is 13.7. The first-order valence-electron chi connectivity index (χ1n) is 11.3. The number of carbonyl (C=O) groups is 1. The van der Waals surface area contributed by atoms with Crippen molar-refractivity contribution in [1.29, 1.82) is 0 Å². The third-order valence-corrected chi connectivity index (χ3v) is 6.71. The van der Waals surface area contributed by atoms with E-state index in [9.17, 15) is 4.79 Å². The molecule has 0 saturated carbocycles. The number of anilines is 1. The van der Waals surface area contributed by atoms with Gasteiger partial charge >= 0.3 is 0 Å². The molecule has 1 atom stereocenters. The highest BCUT2D eigenvalue weighted by Crippen LogP contribution is 2.30. The van der Waals surface area contributed by atoms with Crippen LogP contribution in [0.2, 0.25) is 0 Å². The molecule has 4 heteroatoms. The van der Waals surface area contributed by atoms with E-state index in [1.54, 1.807) is 6.26 Å². The highest BCUT2D eigenvalue weighted by atomic mass is 16.3. The third kappa shape index (κ3) is 3.89. The van der Waals surface area contributed by atoms with E-state index in [0.717, 1.165) is 55.6 Å². The molecule has 2 aromatic carbocycles. The van der Waals surface area contributed by atoms with Crippen LogP contribution < -0.4 is 5.32 Å². The predicted octanol–water partition coefficient (Wildman–Crippen LogP) is 5.13. The van der Waals surface area contributed by atoms with Crippen LogP contribution in [0.15, 0.2) is 47.1 Å². The fourth-order valence-electron chi connectivity index (χ4n) is 5.20. The van der Waals surface area contributed by atoms with Gasteiger partial charge in [-0.15, -0.1) is 0 Å². The van der Waals surface area contributed by atoms with Crippen molar-refractivity contribution in [1.82, 2.24) is 4.90 Å². The summed E-state index contributed by atoms with van der Waals surface area (Å²) in [6.45, 7) is 4.57. The van der Waals surface area contributed by atoms with Crippen LogP contribution in [0.5, 0.6) is 0 Å². The molecule has 156 valence electrons. The van der Waals surface area contributed by atoms with Crippen LogP contribution in [0.4, 0.5) is 5.69 Å². The molecule has 0 radical (unpaired) electrons. The Morgan fingerprint density at radius 1 is 1.10 bits per heavy atom. The van der Waals surface area contributed by atoms with Crippen molar-refractivity contribution < 1.29 is 9.21 Å². The summed E-state index contributed by atoms with van der Waals surface area (Å²) in [7, 11) is 0. The molecule has 1 N–H and O–H groups in total. The minimum Gasteiger partial charge on any atom is -0.464 e. The van der Waals surface area contributed by atoms with Crippen molar-refractivity contribution in [2.75, 3.05) is 18.4 Å². The largest absolute Gasteiger partial charge is 0.464 e. The van der Waals surface area contributed by atoms with Gasteiger partial charge in [-0.25, -0.2) is 0 Å². The van der Waals surface area contributed by atoms with Crippen LogP contribution in [0.1, 0.15) is 48.4 Å². The van der Waals surface area contributed by atoms with E-state index < -0.39 is 0 Å². The summed E-state index contributed by atoms with van der Waals surface area (Å²) in [4.78, 5) is 14.3. The van der Waals surface area contributed by atoms with Crippen molar-refractivity contribution in [2.45, 2.75) is 57.9 Å². The Balaban J connectivity index is 1.22. The zero-order valence-corrected chi connectivity index (χ0v) is 17.7. The summed E-state index contributed by atoms with van der Waals surface area (Å²) in [5, 5.41) is 4.15. The first kappa shape index (κ1) is 19.4. The zero-order chi connectivity index (χ0) is 20.5. The molecule has 0 unspecified atom stereocenters. The van der Waals surface area contributed by atoms with Gasteiger partial charge in [-0.3, -0.25) is 4.79 Å². The van der Waals surface area contributed by atoms with Gasteiger partial charge in [0.2, 0.25) is 5.91 Å². The number of amides is 1. The summed E-state index contributed by atoms with van der Waals surface area (Å²) in [6.07, 6.45) is 9.25. The van der Waals surface area contributed by atoms with Gasteiger partial charge in [0.25, 0.3) is 0 Å². The minimum atomic E-state index is 0.112. The molecule has 4 nitrogen and oxygen atoms in total. The molecular weight excluding hydrogens is 372 g/mol. The lowest BCUT2D eigenvalue weighted by molar-refractivity contribution is -0.115. The van der Waals surface area contributed by atoms with E-state index >= 15 is 0 Å². The number of fused-ring (bicyclic) bond motifs is 3. The third-order valence-electron chi connectivity index (χ3n) is 6.71. The molecule has 1 aliphatic heterocycles. The lowest BCUT2D eigenvalue weighted by Crippen LogP contribution is -2.40. The van der Waals surface area contributed by atoms with Crippen molar-refractivity contribution in [3.05, 3.63) is 64.9 Å². The SMILES string of the molecule is CCCN(CCCc1ccc2c(c1)CC(=O)N2)[C@H]1CCc2cc3ccoc3cc2C1. The number of carbonyl (C=O) groups excluding carboxylic acids is 1. The van der Waals surface area contributed by atoms with E-state index in [0.29, 0.717) is 12.5 Å². The number of rotatable bonds is 7. The number of nitrogens with zero attached hydrogens (tertiary/aromatic N) is 1. The van der Waals surface area contributed by atoms with Crippen molar-refractivity contribution in [3.63, 3.8) is 0 Å². The van der Waals surface area contributed by atoms with E-state index in [-0.39, 0.29) is 5.91 Å². The number of nitrogens with one attached hydrogen (secondary N) is 1. The van der Waals surface area contributed by atoms with E-state index in [4.69, 9.17) is 4.42 Å². The van der Waals surface area contributed by atoms with E-state index in [2.05, 4.69) is 53.5 Å². The van der Waals surface area contributed by atoms with Crippen LogP contribution in [-0.2, 0) is 30.5 Å². The molecule has 5 rings (SSSR count). The van der Waals surface area contributed by atoms with Crippen LogP contribution in [-0.4, -0.2) is 29.9 Å². The van der Waals surface area contributed by atoms with Crippen molar-refractivity contribution in [2.24, 2.45) is 0 Å². The number of furan rings is 1. The predicted molar refractivity (Wildman–Crippen MR) is 121 cm³/mol. The second-order valence-electron chi connectivity index (χ2n) is 8.83. The molecule has 0 saturated heterocycles. The van der Waals surface area contributed by atoms with Gasteiger partial charge in [0.05, 0.1) is 12.7 Å². The lowest BCUT2D eigenvalue weighted by atomic mass is 9.86. The highest BCUT2D eigenvalue weighted by Gasteiger charge is 2.24. The quantitative estimate of drug-likeness (QED) is 0.596. The molecule has 1 aliphatic carbocycles. The monoisotopic (exact) mass is 402 g/mol. The van der Waals surface area contributed by atoms with Crippen molar-refractivity contribution in [3.8, 4) is 0 Å². The van der Waals surface area contributed by atoms with Crippen LogP contribution in [0, 0.1) is 0 Å². The summed E-state index contributed by atoms with van der Waals surface area (Å²) in [5.74, 6) is 0.112. The van der Waals surface area contributed by atoms with Crippen LogP contribution in [0.3, 0.4) is 0 Å². The fraction of sp³-hybridized carbons (Fsp3) is 0.423. The Labute approximate surface area is 178 Å². The Kier molecular flexibility index (Phi) is 5.34. The minimum absolute atomic E-state index is 0.112. The molecule has 2 heterocycles. The maximum atomic E-state index is 11.6. The summed E-state index contributed by atoms with van der Waals surface area (Å²) < 4.78 is 5.64. The number of benzene rings is 2. The Hall–Kier alpha value is -2.59. The van der Waals surface area contributed by atoms with Crippen LogP contribution >= 0.6 is 0 Å². The molecule has 1 aromatic heterocycles. The second-order valence-corrected chi connectivity index (χ2v) is 8.83. The number of hydrogen-bond donors (Lipinski definition) is 1. The topological polar surface area (TPSA) is 45.5 Å². The van der Waals surface area contributed by atoms with Gasteiger partial charge in [0, 0.05) is 17.1 Å². The number of aryl methyl sites for hydroxylation is 2. The van der Waals surface area contributed by atoms with Crippen molar-refractivity contribution >= 4 is 22.6 Å². The first-order valence-corrected chi connectivity index (χ1v) is 11.3. The fourth-order valence-corrected chi connectivity index (χ4v) is 5.20. The molecule has 2 aliphatic rings. The van der Waals surface area contributed by atoms with Crippen LogP contribution in [0.25, 0.3) is 11.0 Å². The van der Waals surface area contributed by atoms with Gasteiger partial charge < -0.3 is 14.6 Å². The number of hydrogen-bond acceptors (Lipinski definition) is 3. The highest BCUT2D eigenvalue weighted by molar-refractivity contribution is 5.99. The Bertz CT molecular complexity index is 1070. The molecule has 3 aromatic rings. The first-order chi connectivity index (χ1) is 14.7. The lowest BCUT2D eigenvalue weighted by Gasteiger charge is -2.35. The van der Waals surface area contributed by atoms with Gasteiger partial charge in [-0.05, 0) is 98.1 Å². The van der Waals surface area contributed by atoms with E-state index in [1.165, 1.54) is 34.9 Å². The molecular formula is C26H30N2O2.